The fraction of sp³-hybridized carbons (Fsp3) is 0.444. The van der Waals surface area contributed by atoms with Crippen molar-refractivity contribution in [2.45, 2.75) is 108 Å². The molecule has 3 aromatic rings. The van der Waals surface area contributed by atoms with Crippen LogP contribution in [0.25, 0.3) is 5.57 Å². The Morgan fingerprint density at radius 1 is 0.955 bits per heavy atom. The first-order valence-electron chi connectivity index (χ1n) is 24.0. The first-order valence-corrected chi connectivity index (χ1v) is 24.4. The molecule has 6 aliphatic rings. The minimum absolute atomic E-state index is 0.0203. The number of nitriles is 1. The van der Waals surface area contributed by atoms with Crippen molar-refractivity contribution in [2.75, 3.05) is 19.6 Å². The van der Waals surface area contributed by atoms with Crippen molar-refractivity contribution in [3.63, 3.8) is 0 Å². The van der Waals surface area contributed by atoms with Gasteiger partial charge in [0.25, 0.3) is 5.91 Å². The SMILES string of the molecule is C=CCc1cc2c(cc1C1=CCC3C[C@@H](CN4CCC=C(Cc5ccc(C(=O)NC6CCC(Oc7ccc(C#N)c(Cl)c7)CC6)nn5)CC4)CC3C1)C(=O)C(CC1CCC(=O)NC1=O)=CC2=O. The first kappa shape index (κ1) is 46.1. The molecule has 4 atom stereocenters. The number of piperidine rings is 1. The van der Waals surface area contributed by atoms with E-state index < -0.39 is 5.92 Å². The van der Waals surface area contributed by atoms with Gasteiger partial charge in [-0.3, -0.25) is 29.3 Å². The average molecular weight is 922 g/mol. The number of fused-ring (bicyclic) bond motifs is 2. The number of benzene rings is 2. The summed E-state index contributed by atoms with van der Waals surface area (Å²) in [5, 5.41) is 23.8. The minimum Gasteiger partial charge on any atom is -0.490 e. The van der Waals surface area contributed by atoms with Crippen molar-refractivity contribution in [1.29, 1.82) is 5.26 Å². The van der Waals surface area contributed by atoms with Crippen LogP contribution in [-0.4, -0.2) is 76.2 Å². The number of amides is 3. The number of ketones is 2. The van der Waals surface area contributed by atoms with Gasteiger partial charge in [-0.05, 0) is 160 Å². The number of rotatable bonds is 13. The third-order valence-corrected chi connectivity index (χ3v) is 15.2. The van der Waals surface area contributed by atoms with E-state index in [2.05, 4.69) is 50.5 Å². The zero-order valence-corrected chi connectivity index (χ0v) is 38.6. The molecule has 13 heteroatoms. The number of allylic oxidation sites excluding steroid dienone is 5. The Morgan fingerprint density at radius 3 is 2.55 bits per heavy atom. The lowest BCUT2D eigenvalue weighted by atomic mass is 9.76. The molecule has 12 nitrogen and oxygen atoms in total. The molecule has 1 saturated heterocycles. The van der Waals surface area contributed by atoms with Gasteiger partial charge in [0.05, 0.1) is 22.4 Å². The maximum Gasteiger partial charge on any atom is 0.272 e. The predicted molar refractivity (Wildman–Crippen MR) is 254 cm³/mol. The number of nitrogens with one attached hydrogen (secondary N) is 2. The highest BCUT2D eigenvalue weighted by atomic mass is 35.5. The summed E-state index contributed by atoms with van der Waals surface area (Å²) in [6.07, 6.45) is 19.4. The van der Waals surface area contributed by atoms with Crippen molar-refractivity contribution in [2.24, 2.45) is 23.7 Å². The van der Waals surface area contributed by atoms with Gasteiger partial charge in [0.15, 0.2) is 17.3 Å². The molecule has 2 saturated carbocycles. The van der Waals surface area contributed by atoms with E-state index in [1.165, 1.54) is 23.6 Å². The summed E-state index contributed by atoms with van der Waals surface area (Å²) >= 11 is 6.17. The van der Waals surface area contributed by atoms with Gasteiger partial charge in [-0.1, -0.05) is 35.4 Å². The molecule has 3 heterocycles. The van der Waals surface area contributed by atoms with Crippen molar-refractivity contribution in [3.05, 3.63) is 129 Å². The Hall–Kier alpha value is -6.03. The number of carbonyl (C=O) groups is 5. The molecule has 0 radical (unpaired) electrons. The Kier molecular flexibility index (Phi) is 14.1. The number of halogens is 1. The number of carbonyl (C=O) groups excluding carboxylic acids is 5. The van der Waals surface area contributed by atoms with Crippen LogP contribution in [0.1, 0.15) is 137 Å². The highest BCUT2D eigenvalue weighted by molar-refractivity contribution is 6.31. The van der Waals surface area contributed by atoms with Crippen LogP contribution in [0, 0.1) is 35.0 Å². The van der Waals surface area contributed by atoms with Crippen LogP contribution in [0.15, 0.2) is 84.5 Å². The summed E-state index contributed by atoms with van der Waals surface area (Å²) in [6.45, 7) is 7.08. The molecule has 3 unspecified atom stereocenters. The summed E-state index contributed by atoms with van der Waals surface area (Å²) < 4.78 is 6.10. The lowest BCUT2D eigenvalue weighted by molar-refractivity contribution is -0.136. The maximum absolute atomic E-state index is 13.9. The number of Topliss-reactive ketones (excluding diaryl/α,β-unsaturated/α-hetero) is 1. The minimum atomic E-state index is -0.515. The van der Waals surface area contributed by atoms with Crippen LogP contribution in [0.5, 0.6) is 5.75 Å². The van der Waals surface area contributed by atoms with Crippen molar-refractivity contribution in [1.82, 2.24) is 25.7 Å². The Labute approximate surface area is 397 Å². The maximum atomic E-state index is 13.9. The standard InChI is InChI=1S/C54H57ClN6O6/c1-2-4-35-26-46-47(52(64)40(27-50(46)62)25-37-9-17-51(63)58-53(37)65)29-45(35)36-7-6-34-21-33(22-39(34)24-36)31-61-19-3-5-32(18-20-61)23-42-12-16-49(60-59-42)54(66)57-41-10-14-43(15-11-41)67-44-13-8-38(30-56)48(55)28-44/h2,5,7-8,12-13,16,26-29,33-34,37,39,41,43H,1,3-4,6,9-11,14-15,17-25,31H2,(H,57,66)(H,58,63,65)/t33-,34?,37?,39?,41?,43?/m1/s1. The summed E-state index contributed by atoms with van der Waals surface area (Å²) in [7, 11) is 0. The molecular weight excluding hydrogens is 864 g/mol. The lowest BCUT2D eigenvalue weighted by Crippen LogP contribution is -2.41. The van der Waals surface area contributed by atoms with Crippen LogP contribution in [0.2, 0.25) is 5.02 Å². The smallest absolute Gasteiger partial charge is 0.272 e. The van der Waals surface area contributed by atoms with E-state index in [4.69, 9.17) is 21.6 Å². The summed E-state index contributed by atoms with van der Waals surface area (Å²) in [6, 6.07) is 14.7. The first-order chi connectivity index (χ1) is 32.5. The molecular formula is C54H57ClN6O6. The number of hydrogen-bond donors (Lipinski definition) is 2. The van der Waals surface area contributed by atoms with Gasteiger partial charge in [0.1, 0.15) is 11.8 Å². The van der Waals surface area contributed by atoms with Gasteiger partial charge >= 0.3 is 0 Å². The van der Waals surface area contributed by atoms with Gasteiger partial charge in [0.2, 0.25) is 11.8 Å². The third kappa shape index (κ3) is 10.7. The Morgan fingerprint density at radius 2 is 1.79 bits per heavy atom. The number of imide groups is 1. The Balaban J connectivity index is 0.733. The monoisotopic (exact) mass is 920 g/mol. The van der Waals surface area contributed by atoms with E-state index in [0.717, 1.165) is 94.2 Å². The number of ether oxygens (including phenoxy) is 1. The normalized spacial score (nSPS) is 25.3. The second kappa shape index (κ2) is 20.5. The van der Waals surface area contributed by atoms with Crippen molar-refractivity contribution in [3.8, 4) is 11.8 Å². The van der Waals surface area contributed by atoms with E-state index in [-0.39, 0.29) is 54.3 Å². The van der Waals surface area contributed by atoms with Crippen molar-refractivity contribution >= 4 is 46.5 Å². The number of aromatic nitrogens is 2. The Bertz CT molecular complexity index is 2620. The zero-order chi connectivity index (χ0) is 46.6. The molecule has 0 spiro atoms. The molecule has 2 aliphatic heterocycles. The molecule has 0 bridgehead atoms. The van der Waals surface area contributed by atoms with Gasteiger partial charge < -0.3 is 15.0 Å². The topological polar surface area (TPSA) is 171 Å². The quantitative estimate of drug-likeness (QED) is 0.125. The second-order valence-corrected chi connectivity index (χ2v) is 19.8. The van der Waals surface area contributed by atoms with Crippen LogP contribution in [0.4, 0.5) is 0 Å². The summed E-state index contributed by atoms with van der Waals surface area (Å²) in [5.41, 5.74) is 7.34. The van der Waals surface area contributed by atoms with Gasteiger partial charge in [-0.15, -0.1) is 11.7 Å². The largest absolute Gasteiger partial charge is 0.490 e. The molecule has 1 aromatic heterocycles. The van der Waals surface area contributed by atoms with E-state index in [0.29, 0.717) is 75.7 Å². The fourth-order valence-corrected chi connectivity index (χ4v) is 11.5. The molecule has 3 fully saturated rings. The number of nitrogens with zero attached hydrogens (tertiary/aromatic N) is 4. The van der Waals surface area contributed by atoms with Gasteiger partial charge in [0, 0.05) is 67.2 Å². The molecule has 2 aromatic carbocycles. The molecule has 4 aliphatic carbocycles. The fourth-order valence-electron chi connectivity index (χ4n) is 11.3. The molecule has 346 valence electrons. The summed E-state index contributed by atoms with van der Waals surface area (Å²) in [4.78, 5) is 67.3. The van der Waals surface area contributed by atoms with Crippen LogP contribution < -0.4 is 15.4 Å². The van der Waals surface area contributed by atoms with Crippen LogP contribution in [-0.2, 0) is 22.4 Å². The van der Waals surface area contributed by atoms with Gasteiger partial charge in [-0.25, -0.2) is 0 Å². The van der Waals surface area contributed by atoms with E-state index in [1.54, 1.807) is 24.3 Å². The predicted octanol–water partition coefficient (Wildman–Crippen LogP) is 8.68. The van der Waals surface area contributed by atoms with E-state index >= 15 is 0 Å². The highest BCUT2D eigenvalue weighted by Gasteiger charge is 2.38. The molecule has 67 heavy (non-hydrogen) atoms. The highest BCUT2D eigenvalue weighted by Crippen LogP contribution is 2.48. The molecule has 3 amide bonds. The van der Waals surface area contributed by atoms with Crippen LogP contribution in [0.3, 0.4) is 0 Å². The van der Waals surface area contributed by atoms with Gasteiger partial charge in [-0.2, -0.15) is 10.4 Å². The average Bonchev–Trinajstić information content (AvgIpc) is 3.60. The van der Waals surface area contributed by atoms with E-state index in [9.17, 15) is 24.0 Å². The molecule has 2 N–H and O–H groups in total. The zero-order valence-electron chi connectivity index (χ0n) is 37.9. The second-order valence-electron chi connectivity index (χ2n) is 19.4. The third-order valence-electron chi connectivity index (χ3n) is 14.8. The molecule has 9 rings (SSSR count). The van der Waals surface area contributed by atoms with Crippen molar-refractivity contribution < 1.29 is 28.7 Å². The lowest BCUT2D eigenvalue weighted by Gasteiger charge is -2.29. The summed E-state index contributed by atoms with van der Waals surface area (Å²) in [5.74, 6) is 0.577. The van der Waals surface area contributed by atoms with Crippen LogP contribution >= 0.6 is 11.6 Å². The number of hydrogen-bond acceptors (Lipinski definition) is 10. The van der Waals surface area contributed by atoms with E-state index in [1.807, 2.05) is 24.3 Å².